The van der Waals surface area contributed by atoms with Gasteiger partial charge in [0.2, 0.25) is 10.0 Å². The van der Waals surface area contributed by atoms with Gasteiger partial charge in [0.1, 0.15) is 15.9 Å². The first kappa shape index (κ1) is 23.6. The molecule has 0 saturated carbocycles. The number of hydrogen-bond donors (Lipinski definition) is 2. The number of nitrogens with one attached hydrogen (secondary N) is 2. The van der Waals surface area contributed by atoms with Crippen molar-refractivity contribution in [1.29, 1.82) is 0 Å². The van der Waals surface area contributed by atoms with E-state index >= 15 is 0 Å². The van der Waals surface area contributed by atoms with Crippen LogP contribution in [0, 0.1) is 18.7 Å². The van der Waals surface area contributed by atoms with E-state index in [2.05, 4.69) is 15.0 Å². The van der Waals surface area contributed by atoms with E-state index in [1.54, 1.807) is 26.2 Å². The maximum absolute atomic E-state index is 13.6. The molecule has 1 amide bonds. The van der Waals surface area contributed by atoms with E-state index in [1.807, 2.05) is 11.0 Å². The Labute approximate surface area is 206 Å². The van der Waals surface area contributed by atoms with Crippen LogP contribution in [0.4, 0.5) is 15.8 Å². The molecule has 2 aliphatic rings. The second-order valence-electron chi connectivity index (χ2n) is 8.74. The summed E-state index contributed by atoms with van der Waals surface area (Å²) in [6.07, 6.45) is 2.96. The lowest BCUT2D eigenvalue weighted by Crippen LogP contribution is -2.43. The Bertz CT molecular complexity index is 1430. The number of carbonyl (C=O) groups is 1. The summed E-state index contributed by atoms with van der Waals surface area (Å²) in [6, 6.07) is 7.35. The fourth-order valence-electron chi connectivity index (χ4n) is 4.51. The smallest absolute Gasteiger partial charge is 0.276 e. The minimum atomic E-state index is -3.98. The Morgan fingerprint density at radius 1 is 1.29 bits per heavy atom. The van der Waals surface area contributed by atoms with E-state index in [1.165, 1.54) is 29.0 Å². The molecule has 9 nitrogen and oxygen atoms in total. The van der Waals surface area contributed by atoms with Gasteiger partial charge in [0.05, 0.1) is 6.61 Å². The number of amides is 1. The molecule has 1 fully saturated rings. The van der Waals surface area contributed by atoms with Crippen molar-refractivity contribution in [2.24, 2.45) is 13.0 Å². The molecule has 35 heavy (non-hydrogen) atoms. The average molecular weight is 520 g/mol. The predicted molar refractivity (Wildman–Crippen MR) is 129 cm³/mol. The van der Waals surface area contributed by atoms with Crippen LogP contribution in [0.5, 0.6) is 5.75 Å². The zero-order valence-electron chi connectivity index (χ0n) is 19.0. The first-order valence-electron chi connectivity index (χ1n) is 10.9. The molecule has 2 atom stereocenters. The molecule has 2 N–H and O–H groups in total. The van der Waals surface area contributed by atoms with Gasteiger partial charge in [-0.25, -0.2) is 22.5 Å². The van der Waals surface area contributed by atoms with Crippen LogP contribution >= 0.6 is 11.6 Å². The summed E-state index contributed by atoms with van der Waals surface area (Å²) >= 11 is 6.02. The largest absolute Gasteiger partial charge is 0.489 e. The van der Waals surface area contributed by atoms with Gasteiger partial charge in [0.15, 0.2) is 11.4 Å². The number of sulfonamides is 1. The van der Waals surface area contributed by atoms with Gasteiger partial charge in [-0.15, -0.1) is 0 Å². The molecule has 1 aromatic carbocycles. The Morgan fingerprint density at radius 2 is 2.09 bits per heavy atom. The van der Waals surface area contributed by atoms with Crippen LogP contribution in [0.25, 0.3) is 0 Å². The van der Waals surface area contributed by atoms with Crippen LogP contribution in [0.3, 0.4) is 0 Å². The Morgan fingerprint density at radius 3 is 2.83 bits per heavy atom. The van der Waals surface area contributed by atoms with Crippen LogP contribution in [0.2, 0.25) is 5.15 Å². The lowest BCUT2D eigenvalue weighted by Gasteiger charge is -2.23. The van der Waals surface area contributed by atoms with Crippen molar-refractivity contribution >= 4 is 38.9 Å². The Balaban J connectivity index is 1.43. The maximum Gasteiger partial charge on any atom is 0.276 e. The standard InChI is InChI=1S/C23H23ClFN5O4S/c1-13-7-15(3-4-17(13)25)27-23(31)21-22-19(11-29(21)2)35(32,33)28-18-10-30(9-14(18)12-34-22)16-5-6-26-20(24)8-16/h3-8,11,14,18,28H,9-10,12H2,1-2H3,(H,27,31). The number of anilines is 2. The number of halogens is 2. The topological polar surface area (TPSA) is 106 Å². The van der Waals surface area contributed by atoms with Crippen molar-refractivity contribution in [2.45, 2.75) is 17.9 Å². The number of nitrogens with zero attached hydrogens (tertiary/aromatic N) is 3. The molecule has 2 unspecified atom stereocenters. The number of aryl methyl sites for hydroxylation is 2. The van der Waals surface area contributed by atoms with Crippen molar-refractivity contribution in [3.05, 3.63) is 65.0 Å². The van der Waals surface area contributed by atoms with Gasteiger partial charge >= 0.3 is 0 Å². The van der Waals surface area contributed by atoms with Crippen molar-refractivity contribution in [3.63, 3.8) is 0 Å². The van der Waals surface area contributed by atoms with E-state index in [0.717, 1.165) is 5.69 Å². The van der Waals surface area contributed by atoms with Gasteiger partial charge < -0.3 is 19.5 Å². The molecule has 0 spiro atoms. The summed E-state index contributed by atoms with van der Waals surface area (Å²) in [5, 5.41) is 3.05. The lowest BCUT2D eigenvalue weighted by atomic mass is 10.1. The normalized spacial score (nSPS) is 20.9. The minimum Gasteiger partial charge on any atom is -0.489 e. The van der Waals surface area contributed by atoms with Crippen molar-refractivity contribution < 1.29 is 22.3 Å². The highest BCUT2D eigenvalue weighted by atomic mass is 35.5. The van der Waals surface area contributed by atoms with Gasteiger partial charge in [0, 0.05) is 55.9 Å². The first-order chi connectivity index (χ1) is 16.6. The van der Waals surface area contributed by atoms with E-state index in [0.29, 0.717) is 29.5 Å². The maximum atomic E-state index is 13.6. The van der Waals surface area contributed by atoms with Gasteiger partial charge in [-0.05, 0) is 42.8 Å². The fourth-order valence-corrected chi connectivity index (χ4v) is 6.17. The van der Waals surface area contributed by atoms with E-state index in [9.17, 15) is 17.6 Å². The van der Waals surface area contributed by atoms with Crippen LogP contribution in [-0.4, -0.2) is 49.6 Å². The number of fused-ring (bicyclic) bond motifs is 2. The highest BCUT2D eigenvalue weighted by molar-refractivity contribution is 7.89. The second kappa shape index (κ2) is 8.81. The Hall–Kier alpha value is -3.15. The molecule has 12 heteroatoms. The number of benzene rings is 1. The number of ether oxygens (including phenoxy) is 1. The molecule has 2 aromatic heterocycles. The summed E-state index contributed by atoms with van der Waals surface area (Å²) in [7, 11) is -2.41. The quantitative estimate of drug-likeness (QED) is 0.515. The number of carbonyl (C=O) groups excluding carboxylic acids is 1. The van der Waals surface area contributed by atoms with Crippen LogP contribution in [-0.2, 0) is 17.1 Å². The molecule has 4 heterocycles. The lowest BCUT2D eigenvalue weighted by molar-refractivity contribution is 0.101. The molecule has 0 aliphatic carbocycles. The van der Waals surface area contributed by atoms with Gasteiger partial charge in [-0.2, -0.15) is 0 Å². The third-order valence-electron chi connectivity index (χ3n) is 6.29. The monoisotopic (exact) mass is 519 g/mol. The predicted octanol–water partition coefficient (Wildman–Crippen LogP) is 2.95. The summed E-state index contributed by atoms with van der Waals surface area (Å²) in [5.74, 6) is -1.13. The highest BCUT2D eigenvalue weighted by Gasteiger charge is 2.41. The Kier molecular flexibility index (Phi) is 5.94. The third-order valence-corrected chi connectivity index (χ3v) is 7.98. The molecule has 2 aliphatic heterocycles. The molecule has 0 bridgehead atoms. The van der Waals surface area contributed by atoms with Crippen LogP contribution in [0.1, 0.15) is 16.1 Å². The SMILES string of the molecule is Cc1cc(NC(=O)c2c3c(cn2C)S(=O)(=O)NC2CN(c4ccnc(Cl)c4)CC2CO3)ccc1F. The zero-order valence-corrected chi connectivity index (χ0v) is 20.5. The van der Waals surface area contributed by atoms with Crippen molar-refractivity contribution in [2.75, 3.05) is 29.9 Å². The second-order valence-corrected chi connectivity index (χ2v) is 10.8. The van der Waals surface area contributed by atoms with E-state index < -0.39 is 15.9 Å². The fraction of sp³-hybridized carbons (Fsp3) is 0.304. The van der Waals surface area contributed by atoms with Gasteiger partial charge in [0.25, 0.3) is 5.91 Å². The highest BCUT2D eigenvalue weighted by Crippen LogP contribution is 2.35. The molecule has 0 radical (unpaired) electrons. The molecular formula is C23H23ClFN5O4S. The third kappa shape index (κ3) is 4.46. The summed E-state index contributed by atoms with van der Waals surface area (Å²) in [5.41, 5.74) is 1.66. The molecule has 3 aromatic rings. The summed E-state index contributed by atoms with van der Waals surface area (Å²) < 4.78 is 50.4. The van der Waals surface area contributed by atoms with E-state index in [4.69, 9.17) is 16.3 Å². The number of hydrogen-bond acceptors (Lipinski definition) is 6. The average Bonchev–Trinajstić information content (AvgIpc) is 3.34. The molecule has 184 valence electrons. The summed E-state index contributed by atoms with van der Waals surface area (Å²) in [4.78, 5) is 19.0. The molecule has 5 rings (SSSR count). The molecule has 1 saturated heterocycles. The number of rotatable bonds is 3. The molecular weight excluding hydrogens is 497 g/mol. The van der Waals surface area contributed by atoms with E-state index in [-0.39, 0.29) is 40.7 Å². The van der Waals surface area contributed by atoms with Gasteiger partial charge in [-0.3, -0.25) is 4.79 Å². The number of aromatic nitrogens is 2. The van der Waals surface area contributed by atoms with Crippen LogP contribution < -0.4 is 19.7 Å². The van der Waals surface area contributed by atoms with Crippen molar-refractivity contribution in [3.8, 4) is 5.75 Å². The minimum absolute atomic E-state index is 0.0137. The number of pyridine rings is 1. The van der Waals surface area contributed by atoms with Crippen molar-refractivity contribution in [1.82, 2.24) is 14.3 Å². The van der Waals surface area contributed by atoms with Gasteiger partial charge in [-0.1, -0.05) is 11.6 Å². The van der Waals surface area contributed by atoms with Crippen LogP contribution in [0.15, 0.2) is 47.6 Å². The zero-order chi connectivity index (χ0) is 24.9. The first-order valence-corrected chi connectivity index (χ1v) is 12.8. The summed E-state index contributed by atoms with van der Waals surface area (Å²) in [6.45, 7) is 2.76.